The van der Waals surface area contributed by atoms with Crippen LogP contribution in [0.5, 0.6) is 0 Å². The Hall–Kier alpha value is -2.37. The van der Waals surface area contributed by atoms with Crippen LogP contribution in [0.15, 0.2) is 48.5 Å². The summed E-state index contributed by atoms with van der Waals surface area (Å²) in [6.45, 7) is 0. The summed E-state index contributed by atoms with van der Waals surface area (Å²) in [5.74, 6) is -1.03. The Bertz CT molecular complexity index is 674. The molecule has 0 saturated carbocycles. The van der Waals surface area contributed by atoms with Crippen molar-refractivity contribution in [3.8, 4) is 0 Å². The molecule has 0 aliphatic carbocycles. The van der Waals surface area contributed by atoms with Crippen molar-refractivity contribution >= 4 is 29.1 Å². The predicted octanol–water partition coefficient (Wildman–Crippen LogP) is 2.08. The number of amides is 2. The zero-order chi connectivity index (χ0) is 15.4. The molecular weight excluding hydrogens is 290 g/mol. The molecule has 108 valence electrons. The van der Waals surface area contributed by atoms with E-state index in [1.54, 1.807) is 24.3 Å². The molecule has 2 rings (SSSR count). The maximum absolute atomic E-state index is 12.1. The van der Waals surface area contributed by atoms with E-state index < -0.39 is 17.9 Å². The monoisotopic (exact) mass is 303 g/mol. The highest BCUT2D eigenvalue weighted by atomic mass is 35.5. The van der Waals surface area contributed by atoms with Gasteiger partial charge in [0, 0.05) is 5.56 Å². The van der Waals surface area contributed by atoms with Crippen molar-refractivity contribution < 1.29 is 9.59 Å². The lowest BCUT2D eigenvalue weighted by Crippen LogP contribution is -2.28. The highest BCUT2D eigenvalue weighted by molar-refractivity contribution is 6.34. The third-order valence-electron chi connectivity index (χ3n) is 2.95. The van der Waals surface area contributed by atoms with Crippen LogP contribution in [0.1, 0.15) is 22.0 Å². The maximum atomic E-state index is 12.1. The Kier molecular flexibility index (Phi) is 4.57. The molecule has 0 saturated heterocycles. The second-order valence-corrected chi connectivity index (χ2v) is 4.84. The molecule has 2 aromatic carbocycles. The van der Waals surface area contributed by atoms with Crippen molar-refractivity contribution in [2.24, 2.45) is 11.5 Å². The molecule has 2 amide bonds. The van der Waals surface area contributed by atoms with Gasteiger partial charge in [0.2, 0.25) is 11.8 Å². The van der Waals surface area contributed by atoms with Gasteiger partial charge in [-0.1, -0.05) is 41.9 Å². The first-order valence-electron chi connectivity index (χ1n) is 6.20. The Morgan fingerprint density at radius 3 is 2.38 bits per heavy atom. The number of hydrogen-bond acceptors (Lipinski definition) is 3. The minimum atomic E-state index is -0.834. The van der Waals surface area contributed by atoms with Crippen molar-refractivity contribution in [1.29, 1.82) is 0 Å². The summed E-state index contributed by atoms with van der Waals surface area (Å²) in [6.07, 6.45) is 0. The van der Waals surface area contributed by atoms with Gasteiger partial charge in [-0.3, -0.25) is 9.59 Å². The Balaban J connectivity index is 2.20. The minimum Gasteiger partial charge on any atom is -0.366 e. The van der Waals surface area contributed by atoms with E-state index in [4.69, 9.17) is 23.1 Å². The third kappa shape index (κ3) is 3.59. The van der Waals surface area contributed by atoms with Gasteiger partial charge in [0.25, 0.3) is 0 Å². The van der Waals surface area contributed by atoms with Gasteiger partial charge >= 0.3 is 0 Å². The Labute approximate surface area is 126 Å². The van der Waals surface area contributed by atoms with Gasteiger partial charge in [0.1, 0.15) is 6.04 Å². The number of nitrogens with one attached hydrogen (secondary N) is 1. The lowest BCUT2D eigenvalue weighted by atomic mass is 10.1. The number of primary amides is 1. The van der Waals surface area contributed by atoms with E-state index in [2.05, 4.69) is 5.32 Å². The summed E-state index contributed by atoms with van der Waals surface area (Å²) in [5.41, 5.74) is 12.3. The average Bonchev–Trinajstić information content (AvgIpc) is 2.49. The molecule has 21 heavy (non-hydrogen) atoms. The first-order chi connectivity index (χ1) is 9.99. The Morgan fingerprint density at radius 1 is 1.10 bits per heavy atom. The summed E-state index contributed by atoms with van der Waals surface area (Å²) in [7, 11) is 0. The highest BCUT2D eigenvalue weighted by Crippen LogP contribution is 2.24. The zero-order valence-electron chi connectivity index (χ0n) is 11.0. The summed E-state index contributed by atoms with van der Waals surface area (Å²) in [6, 6.07) is 12.5. The average molecular weight is 304 g/mol. The van der Waals surface area contributed by atoms with Gasteiger partial charge in [-0.05, 0) is 23.8 Å². The maximum Gasteiger partial charge on any atom is 0.248 e. The fraction of sp³-hybridized carbons (Fsp3) is 0.0667. The molecule has 5 nitrogen and oxygen atoms in total. The standard InChI is InChI=1S/C15H14ClN3O2/c16-11-7-6-10(14(18)20)8-12(11)19-15(21)13(17)9-4-2-1-3-5-9/h1-8,13H,17H2,(H2,18,20)(H,19,21)/t13-/m0/s1. The van der Waals surface area contributed by atoms with E-state index in [1.165, 1.54) is 18.2 Å². The number of halogens is 1. The highest BCUT2D eigenvalue weighted by Gasteiger charge is 2.17. The van der Waals surface area contributed by atoms with Crippen LogP contribution in [0.25, 0.3) is 0 Å². The number of hydrogen-bond donors (Lipinski definition) is 3. The number of carbonyl (C=O) groups excluding carboxylic acids is 2. The number of nitrogens with two attached hydrogens (primary N) is 2. The molecule has 1 atom stereocenters. The number of benzene rings is 2. The largest absolute Gasteiger partial charge is 0.366 e. The van der Waals surface area contributed by atoms with Crippen LogP contribution in [0.3, 0.4) is 0 Å². The third-order valence-corrected chi connectivity index (χ3v) is 3.28. The molecular formula is C15H14ClN3O2. The molecule has 0 aliphatic rings. The summed E-state index contributed by atoms with van der Waals surface area (Å²) >= 11 is 5.99. The zero-order valence-corrected chi connectivity index (χ0v) is 11.8. The molecule has 0 spiro atoms. The molecule has 0 aromatic heterocycles. The topological polar surface area (TPSA) is 98.2 Å². The first-order valence-corrected chi connectivity index (χ1v) is 6.57. The molecule has 2 aromatic rings. The smallest absolute Gasteiger partial charge is 0.248 e. The van der Waals surface area contributed by atoms with Crippen LogP contribution in [-0.2, 0) is 4.79 Å². The van der Waals surface area contributed by atoms with Crippen LogP contribution in [0.2, 0.25) is 5.02 Å². The second-order valence-electron chi connectivity index (χ2n) is 4.44. The van der Waals surface area contributed by atoms with E-state index in [-0.39, 0.29) is 5.56 Å². The van der Waals surface area contributed by atoms with Crippen LogP contribution in [-0.4, -0.2) is 11.8 Å². The molecule has 5 N–H and O–H groups in total. The van der Waals surface area contributed by atoms with E-state index in [1.807, 2.05) is 6.07 Å². The number of rotatable bonds is 4. The SMILES string of the molecule is NC(=O)c1ccc(Cl)c(NC(=O)[C@@H](N)c2ccccc2)c1. The molecule has 0 aliphatic heterocycles. The van der Waals surface area contributed by atoms with Crippen molar-refractivity contribution in [3.05, 3.63) is 64.7 Å². The van der Waals surface area contributed by atoms with Crippen molar-refractivity contribution in [3.63, 3.8) is 0 Å². The molecule has 0 bridgehead atoms. The van der Waals surface area contributed by atoms with Crippen LogP contribution in [0.4, 0.5) is 5.69 Å². The van der Waals surface area contributed by atoms with Gasteiger partial charge in [-0.25, -0.2) is 0 Å². The lowest BCUT2D eigenvalue weighted by Gasteiger charge is -2.14. The minimum absolute atomic E-state index is 0.253. The van der Waals surface area contributed by atoms with Gasteiger partial charge in [-0.2, -0.15) is 0 Å². The normalized spacial score (nSPS) is 11.7. The summed E-state index contributed by atoms with van der Waals surface area (Å²) in [5, 5.41) is 2.90. The summed E-state index contributed by atoms with van der Waals surface area (Å²) in [4.78, 5) is 23.3. The van der Waals surface area contributed by atoms with Crippen LogP contribution >= 0.6 is 11.6 Å². The second kappa shape index (κ2) is 6.39. The van der Waals surface area contributed by atoms with Gasteiger partial charge < -0.3 is 16.8 Å². The van der Waals surface area contributed by atoms with E-state index in [0.29, 0.717) is 16.3 Å². The summed E-state index contributed by atoms with van der Waals surface area (Å²) < 4.78 is 0. The van der Waals surface area contributed by atoms with Crippen molar-refractivity contribution in [2.45, 2.75) is 6.04 Å². The molecule has 0 heterocycles. The van der Waals surface area contributed by atoms with Crippen molar-refractivity contribution in [1.82, 2.24) is 0 Å². The van der Waals surface area contributed by atoms with Gasteiger partial charge in [-0.15, -0.1) is 0 Å². The molecule has 0 unspecified atom stereocenters. The van der Waals surface area contributed by atoms with Gasteiger partial charge in [0.15, 0.2) is 0 Å². The fourth-order valence-electron chi connectivity index (χ4n) is 1.80. The quantitative estimate of drug-likeness (QED) is 0.806. The molecule has 0 radical (unpaired) electrons. The van der Waals surface area contributed by atoms with E-state index in [9.17, 15) is 9.59 Å². The predicted molar refractivity (Wildman–Crippen MR) is 82.0 cm³/mol. The number of anilines is 1. The van der Waals surface area contributed by atoms with E-state index in [0.717, 1.165) is 0 Å². The number of carbonyl (C=O) groups is 2. The van der Waals surface area contributed by atoms with E-state index >= 15 is 0 Å². The fourth-order valence-corrected chi connectivity index (χ4v) is 1.96. The molecule has 0 fully saturated rings. The van der Waals surface area contributed by atoms with Crippen LogP contribution in [0, 0.1) is 0 Å². The van der Waals surface area contributed by atoms with Crippen LogP contribution < -0.4 is 16.8 Å². The lowest BCUT2D eigenvalue weighted by molar-refractivity contribution is -0.117. The molecule has 6 heteroatoms. The Morgan fingerprint density at radius 2 is 1.76 bits per heavy atom. The van der Waals surface area contributed by atoms with Crippen molar-refractivity contribution in [2.75, 3.05) is 5.32 Å². The first kappa shape index (κ1) is 15.0. The van der Waals surface area contributed by atoms with Gasteiger partial charge in [0.05, 0.1) is 10.7 Å².